The number of hydrogen-bond acceptors (Lipinski definition) is 1. The second kappa shape index (κ2) is 7.65. The van der Waals surface area contributed by atoms with Crippen LogP contribution in [0.5, 0.6) is 0 Å². The van der Waals surface area contributed by atoms with E-state index in [1.807, 2.05) is 0 Å². The highest BCUT2D eigenvalue weighted by Gasteiger charge is 2.00. The Hall–Kier alpha value is -0.730. The van der Waals surface area contributed by atoms with E-state index < -0.39 is 0 Å². The van der Waals surface area contributed by atoms with Gasteiger partial charge in [0.05, 0.1) is 0 Å². The minimum Gasteiger partial charge on any atom is -0.338 e. The molecule has 0 aliphatic heterocycles. The second-order valence-electron chi connectivity index (χ2n) is 4.57. The molecule has 2 amide bonds. The Balaban J connectivity index is -0.000000845. The summed E-state index contributed by atoms with van der Waals surface area (Å²) < 4.78 is 0. The maximum Gasteiger partial charge on any atom is 0.314 e. The van der Waals surface area contributed by atoms with Gasteiger partial charge in [-0.2, -0.15) is 0 Å². The van der Waals surface area contributed by atoms with E-state index >= 15 is 0 Å². The molecule has 0 spiro atoms. The van der Waals surface area contributed by atoms with Crippen molar-refractivity contribution in [2.45, 2.75) is 40.5 Å². The number of nitrogens with one attached hydrogen (secondary N) is 2. The number of rotatable bonds is 6. The minimum atomic E-state index is -0.0394. The number of amides is 2. The molecule has 0 bridgehead atoms. The van der Waals surface area contributed by atoms with Crippen molar-refractivity contribution >= 4 is 6.03 Å². The van der Waals surface area contributed by atoms with E-state index in [1.165, 1.54) is 6.42 Å². The number of carbonyl (C=O) groups is 1. The molecule has 88 valence electrons. The lowest BCUT2D eigenvalue weighted by Crippen LogP contribution is -2.37. The van der Waals surface area contributed by atoms with Crippen molar-refractivity contribution in [2.24, 2.45) is 11.8 Å². The molecular formula is C11H28N2O. The molecule has 0 aliphatic rings. The Kier molecular flexibility index (Phi) is 7.25. The molecule has 3 heteroatoms. The molecule has 0 unspecified atom stereocenters. The van der Waals surface area contributed by atoms with Gasteiger partial charge in [0.25, 0.3) is 0 Å². The zero-order chi connectivity index (χ0) is 11.0. The van der Waals surface area contributed by atoms with E-state index in [0.717, 1.165) is 25.4 Å². The summed E-state index contributed by atoms with van der Waals surface area (Å²) >= 11 is 0. The highest BCUT2D eigenvalue weighted by atomic mass is 16.2. The predicted octanol–water partition coefficient (Wildman–Crippen LogP) is 2.87. The van der Waals surface area contributed by atoms with E-state index in [-0.39, 0.29) is 8.88 Å². The predicted molar refractivity (Wildman–Crippen MR) is 64.5 cm³/mol. The third kappa shape index (κ3) is 9.36. The number of hydrogen-bond donors (Lipinski definition) is 2. The lowest BCUT2D eigenvalue weighted by Gasteiger charge is -2.09. The van der Waals surface area contributed by atoms with Crippen molar-refractivity contribution in [3.05, 3.63) is 0 Å². The van der Waals surface area contributed by atoms with Crippen LogP contribution in [0.25, 0.3) is 0 Å². The van der Waals surface area contributed by atoms with Gasteiger partial charge in [0, 0.05) is 15.9 Å². The summed E-state index contributed by atoms with van der Waals surface area (Å²) in [5.74, 6) is 1.23. The summed E-state index contributed by atoms with van der Waals surface area (Å²) in [5, 5.41) is 5.66. The van der Waals surface area contributed by atoms with E-state index in [1.54, 1.807) is 0 Å². The van der Waals surface area contributed by atoms with Gasteiger partial charge in [0.1, 0.15) is 0 Å². The van der Waals surface area contributed by atoms with E-state index in [4.69, 9.17) is 0 Å². The van der Waals surface area contributed by atoms with E-state index in [2.05, 4.69) is 38.3 Å². The average molecular weight is 204 g/mol. The number of urea groups is 1. The van der Waals surface area contributed by atoms with Crippen molar-refractivity contribution < 1.29 is 7.65 Å². The Morgan fingerprint density at radius 1 is 1.14 bits per heavy atom. The largest absolute Gasteiger partial charge is 0.338 e. The van der Waals surface area contributed by atoms with Crippen molar-refractivity contribution in [1.82, 2.24) is 10.6 Å². The molecule has 0 saturated carbocycles. The van der Waals surface area contributed by atoms with Gasteiger partial charge >= 0.3 is 6.03 Å². The van der Waals surface area contributed by atoms with Gasteiger partial charge < -0.3 is 10.6 Å². The molecule has 2 N–H and O–H groups in total. The van der Waals surface area contributed by atoms with Gasteiger partial charge in [-0.3, -0.25) is 0 Å². The van der Waals surface area contributed by atoms with Crippen molar-refractivity contribution in [3.63, 3.8) is 0 Å². The molecule has 0 aliphatic carbocycles. The van der Waals surface area contributed by atoms with Crippen LogP contribution in [0, 0.1) is 11.8 Å². The first kappa shape index (κ1) is 13.3. The average Bonchev–Trinajstić information content (AvgIpc) is 2.08. The first-order chi connectivity index (χ1) is 6.52. The highest BCUT2D eigenvalue weighted by molar-refractivity contribution is 5.73. The molecule has 14 heavy (non-hydrogen) atoms. The first-order valence-electron chi connectivity index (χ1n) is 5.54. The molecule has 0 atom stereocenters. The second-order valence-corrected chi connectivity index (χ2v) is 4.57. The van der Waals surface area contributed by atoms with Crippen LogP contribution in [-0.4, -0.2) is 19.1 Å². The molecule has 0 aromatic heterocycles. The third-order valence-electron chi connectivity index (χ3n) is 1.91. The Bertz CT molecular complexity index is 164. The molecular weight excluding hydrogens is 176 g/mol. The normalized spacial score (nSPS) is 10.7. The monoisotopic (exact) mass is 204 g/mol. The molecule has 0 aromatic carbocycles. The van der Waals surface area contributed by atoms with Crippen LogP contribution in [0.15, 0.2) is 0 Å². The van der Waals surface area contributed by atoms with Crippen LogP contribution >= 0.6 is 0 Å². The molecule has 3 nitrogen and oxygen atoms in total. The fraction of sp³-hybridized carbons (Fsp3) is 0.909. The van der Waals surface area contributed by atoms with Gasteiger partial charge in [-0.05, 0) is 24.7 Å². The first-order valence-corrected chi connectivity index (χ1v) is 5.54. The fourth-order valence-corrected chi connectivity index (χ4v) is 1.07. The smallest absolute Gasteiger partial charge is 0.314 e. The summed E-state index contributed by atoms with van der Waals surface area (Å²) in [6, 6.07) is -0.0394. The Morgan fingerprint density at radius 3 is 2.29 bits per heavy atom. The third-order valence-corrected chi connectivity index (χ3v) is 1.91. The quantitative estimate of drug-likeness (QED) is 0.642. The lowest BCUT2D eigenvalue weighted by atomic mass is 10.1. The maximum atomic E-state index is 11.2. The summed E-state index contributed by atoms with van der Waals surface area (Å²) in [6.07, 6.45) is 2.23. The van der Waals surface area contributed by atoms with Gasteiger partial charge in [0.2, 0.25) is 0 Å². The van der Waals surface area contributed by atoms with E-state index in [9.17, 15) is 4.79 Å². The van der Waals surface area contributed by atoms with Crippen LogP contribution in [0.4, 0.5) is 4.79 Å². The van der Waals surface area contributed by atoms with Gasteiger partial charge in [0.15, 0.2) is 0 Å². The Labute approximate surface area is 90.6 Å². The van der Waals surface area contributed by atoms with Gasteiger partial charge in [-0.25, -0.2) is 4.79 Å². The molecule has 0 fully saturated rings. The topological polar surface area (TPSA) is 41.1 Å². The molecule has 0 saturated heterocycles. The van der Waals surface area contributed by atoms with Crippen LogP contribution in [0.1, 0.15) is 43.4 Å². The molecule has 0 aromatic rings. The molecule has 0 rings (SSSR count). The van der Waals surface area contributed by atoms with Crippen LogP contribution in [0.3, 0.4) is 0 Å². The fourth-order valence-electron chi connectivity index (χ4n) is 1.07. The van der Waals surface area contributed by atoms with Crippen molar-refractivity contribution in [3.8, 4) is 0 Å². The minimum absolute atomic E-state index is 0. The van der Waals surface area contributed by atoms with Crippen LogP contribution < -0.4 is 10.6 Å². The maximum absolute atomic E-state index is 11.2. The Morgan fingerprint density at radius 2 is 1.79 bits per heavy atom. The number of carbonyl (C=O) groups excluding carboxylic acids is 1. The standard InChI is InChI=1S/C11H24N2O.2H2/c1-9(2)6-5-7-12-11(14)13-8-10(3)4;;/h9-10H,5-8H2,1-4H3,(H2,12,13,14);2*1H. The highest BCUT2D eigenvalue weighted by Crippen LogP contribution is 2.01. The zero-order valence-corrected chi connectivity index (χ0v) is 9.89. The zero-order valence-electron chi connectivity index (χ0n) is 9.89. The SMILES string of the molecule is CC(C)CCCNC(=O)NCC(C)C.[HH].[HH]. The van der Waals surface area contributed by atoms with Crippen molar-refractivity contribution in [2.75, 3.05) is 13.1 Å². The van der Waals surface area contributed by atoms with Crippen molar-refractivity contribution in [1.29, 1.82) is 0 Å². The summed E-state index contributed by atoms with van der Waals surface area (Å²) in [4.78, 5) is 11.2. The summed E-state index contributed by atoms with van der Waals surface area (Å²) in [5.41, 5.74) is 0. The summed E-state index contributed by atoms with van der Waals surface area (Å²) in [7, 11) is 0. The molecule has 0 heterocycles. The molecule has 0 radical (unpaired) electrons. The van der Waals surface area contributed by atoms with Crippen LogP contribution in [-0.2, 0) is 0 Å². The lowest BCUT2D eigenvalue weighted by molar-refractivity contribution is 0.239. The van der Waals surface area contributed by atoms with Gasteiger partial charge in [-0.15, -0.1) is 0 Å². The summed E-state index contributed by atoms with van der Waals surface area (Å²) in [6.45, 7) is 10.1. The van der Waals surface area contributed by atoms with Crippen LogP contribution in [0.2, 0.25) is 0 Å². The van der Waals surface area contributed by atoms with Gasteiger partial charge in [-0.1, -0.05) is 27.7 Å². The van der Waals surface area contributed by atoms with E-state index in [0.29, 0.717) is 5.92 Å².